The summed E-state index contributed by atoms with van der Waals surface area (Å²) in [5.41, 5.74) is 6.89. The molecule has 18 heavy (non-hydrogen) atoms. The van der Waals surface area contributed by atoms with Crippen molar-refractivity contribution in [2.75, 3.05) is 23.7 Å². The van der Waals surface area contributed by atoms with Crippen LogP contribution in [0.15, 0.2) is 18.2 Å². The zero-order valence-electron chi connectivity index (χ0n) is 10.4. The number of nitrogens with one attached hydrogen (secondary N) is 1. The molecule has 0 bridgehead atoms. The Labute approximate surface area is 106 Å². The van der Waals surface area contributed by atoms with Gasteiger partial charge in [-0.3, -0.25) is 4.79 Å². The molecule has 1 aliphatic rings. The van der Waals surface area contributed by atoms with Crippen molar-refractivity contribution in [1.29, 1.82) is 0 Å². The van der Waals surface area contributed by atoms with Crippen molar-refractivity contribution in [3.63, 3.8) is 0 Å². The van der Waals surface area contributed by atoms with Crippen molar-refractivity contribution in [2.45, 2.75) is 25.8 Å². The van der Waals surface area contributed by atoms with E-state index in [1.165, 1.54) is 19.1 Å². The van der Waals surface area contributed by atoms with Crippen LogP contribution in [0.25, 0.3) is 0 Å². The molecule has 5 heteroatoms. The van der Waals surface area contributed by atoms with Gasteiger partial charge in [0.2, 0.25) is 5.91 Å². The number of nitrogens with two attached hydrogens (primary N) is 1. The lowest BCUT2D eigenvalue weighted by Crippen LogP contribution is -2.44. The van der Waals surface area contributed by atoms with Crippen molar-refractivity contribution in [1.82, 2.24) is 5.32 Å². The van der Waals surface area contributed by atoms with E-state index in [2.05, 4.69) is 10.2 Å². The molecule has 1 aromatic carbocycles. The minimum Gasteiger partial charge on any atom is -0.399 e. The Kier molecular flexibility index (Phi) is 3.69. The molecule has 0 saturated carbocycles. The number of amides is 1. The lowest BCUT2D eigenvalue weighted by Gasteiger charge is -2.33. The maximum absolute atomic E-state index is 13.3. The lowest BCUT2D eigenvalue weighted by molar-refractivity contribution is -0.119. The molecule has 1 amide bonds. The molecule has 0 unspecified atom stereocenters. The summed E-state index contributed by atoms with van der Waals surface area (Å²) in [6.07, 6.45) is 1.74. The molecule has 3 N–H and O–H groups in total. The van der Waals surface area contributed by atoms with Crippen LogP contribution >= 0.6 is 0 Å². The number of hydrogen-bond acceptors (Lipinski definition) is 3. The summed E-state index contributed by atoms with van der Waals surface area (Å²) in [5, 5.41) is 2.91. The van der Waals surface area contributed by atoms with E-state index in [0.717, 1.165) is 31.6 Å². The average Bonchev–Trinajstić information content (AvgIpc) is 2.27. The van der Waals surface area contributed by atoms with E-state index >= 15 is 0 Å². The van der Waals surface area contributed by atoms with Gasteiger partial charge in [-0.25, -0.2) is 4.39 Å². The molecule has 0 spiro atoms. The summed E-state index contributed by atoms with van der Waals surface area (Å²) < 4.78 is 13.3. The predicted molar refractivity (Wildman–Crippen MR) is 69.9 cm³/mol. The first kappa shape index (κ1) is 12.7. The minimum atomic E-state index is -0.311. The number of benzene rings is 1. The zero-order valence-corrected chi connectivity index (χ0v) is 10.4. The maximum Gasteiger partial charge on any atom is 0.217 e. The van der Waals surface area contributed by atoms with Gasteiger partial charge in [0, 0.05) is 37.4 Å². The Bertz CT molecular complexity index is 422. The normalized spacial score (nSPS) is 16.7. The van der Waals surface area contributed by atoms with Crippen LogP contribution < -0.4 is 16.0 Å². The summed E-state index contributed by atoms with van der Waals surface area (Å²) >= 11 is 0. The van der Waals surface area contributed by atoms with Gasteiger partial charge in [-0.05, 0) is 31.0 Å². The molecule has 1 aliphatic heterocycles. The fourth-order valence-corrected chi connectivity index (χ4v) is 2.35. The molecule has 0 aromatic heterocycles. The molecule has 1 saturated heterocycles. The average molecular weight is 251 g/mol. The topological polar surface area (TPSA) is 58.4 Å². The summed E-state index contributed by atoms with van der Waals surface area (Å²) in [5.74, 6) is -0.308. The van der Waals surface area contributed by atoms with Gasteiger partial charge in [-0.1, -0.05) is 0 Å². The molecule has 1 aromatic rings. The first-order chi connectivity index (χ1) is 8.54. The largest absolute Gasteiger partial charge is 0.399 e. The smallest absolute Gasteiger partial charge is 0.217 e. The van der Waals surface area contributed by atoms with Crippen LogP contribution in [-0.2, 0) is 4.79 Å². The molecule has 0 aliphatic carbocycles. The molecule has 0 radical (unpaired) electrons. The van der Waals surface area contributed by atoms with Gasteiger partial charge in [0.25, 0.3) is 0 Å². The minimum absolute atomic E-state index is 0.00319. The Morgan fingerprint density at radius 3 is 2.61 bits per heavy atom. The van der Waals surface area contributed by atoms with E-state index in [1.807, 2.05) is 0 Å². The van der Waals surface area contributed by atoms with Crippen LogP contribution in [0.4, 0.5) is 15.8 Å². The van der Waals surface area contributed by atoms with Crippen molar-refractivity contribution >= 4 is 17.3 Å². The molecule has 98 valence electrons. The first-order valence-corrected chi connectivity index (χ1v) is 6.13. The van der Waals surface area contributed by atoms with Crippen LogP contribution in [0, 0.1) is 5.82 Å². The van der Waals surface area contributed by atoms with Gasteiger partial charge in [0.15, 0.2) is 0 Å². The van der Waals surface area contributed by atoms with Gasteiger partial charge < -0.3 is 16.0 Å². The van der Waals surface area contributed by atoms with Crippen molar-refractivity contribution in [2.24, 2.45) is 0 Å². The predicted octanol–water partition coefficient (Wildman–Crippen LogP) is 1.51. The molecule has 2 rings (SSSR count). The third kappa shape index (κ3) is 3.12. The van der Waals surface area contributed by atoms with Crippen LogP contribution in [0.2, 0.25) is 0 Å². The van der Waals surface area contributed by atoms with Crippen LogP contribution in [0.3, 0.4) is 0 Å². The Hall–Kier alpha value is -1.78. The van der Waals surface area contributed by atoms with Gasteiger partial charge in [-0.15, -0.1) is 0 Å². The van der Waals surface area contributed by atoms with Crippen LogP contribution in [0.5, 0.6) is 0 Å². The maximum atomic E-state index is 13.3. The SMILES string of the molecule is CC(=O)NC1CCN(c2cc(N)cc(F)c2)CC1. The second-order valence-electron chi connectivity index (χ2n) is 4.70. The summed E-state index contributed by atoms with van der Waals surface area (Å²) in [6, 6.07) is 4.81. The first-order valence-electron chi connectivity index (χ1n) is 6.13. The highest BCUT2D eigenvalue weighted by Gasteiger charge is 2.20. The Balaban J connectivity index is 1.98. The van der Waals surface area contributed by atoms with Crippen LogP contribution in [0.1, 0.15) is 19.8 Å². The molecule has 4 nitrogen and oxygen atoms in total. The third-order valence-corrected chi connectivity index (χ3v) is 3.17. The highest BCUT2D eigenvalue weighted by molar-refractivity contribution is 5.73. The number of rotatable bonds is 2. The van der Waals surface area contributed by atoms with Crippen molar-refractivity contribution in [3.05, 3.63) is 24.0 Å². The van der Waals surface area contributed by atoms with E-state index in [4.69, 9.17) is 5.73 Å². The highest BCUT2D eigenvalue weighted by atomic mass is 19.1. The van der Waals surface area contributed by atoms with E-state index in [-0.39, 0.29) is 17.8 Å². The summed E-state index contributed by atoms with van der Waals surface area (Å²) in [7, 11) is 0. The summed E-state index contributed by atoms with van der Waals surface area (Å²) in [4.78, 5) is 13.1. The number of nitrogens with zero attached hydrogens (tertiary/aromatic N) is 1. The van der Waals surface area contributed by atoms with E-state index in [1.54, 1.807) is 6.07 Å². The zero-order chi connectivity index (χ0) is 13.1. The van der Waals surface area contributed by atoms with Gasteiger partial charge >= 0.3 is 0 Å². The number of hydrogen-bond donors (Lipinski definition) is 2. The number of piperidine rings is 1. The second kappa shape index (κ2) is 5.25. The molecular weight excluding hydrogens is 233 g/mol. The quantitative estimate of drug-likeness (QED) is 0.783. The monoisotopic (exact) mass is 251 g/mol. The van der Waals surface area contributed by atoms with Gasteiger partial charge in [0.05, 0.1) is 0 Å². The third-order valence-electron chi connectivity index (χ3n) is 3.17. The van der Waals surface area contributed by atoms with Gasteiger partial charge in [-0.2, -0.15) is 0 Å². The Morgan fingerprint density at radius 1 is 1.39 bits per heavy atom. The number of nitrogen functional groups attached to an aromatic ring is 1. The van der Waals surface area contributed by atoms with Crippen molar-refractivity contribution in [3.8, 4) is 0 Å². The number of carbonyl (C=O) groups excluding carboxylic acids is 1. The molecule has 1 heterocycles. The fraction of sp³-hybridized carbons (Fsp3) is 0.462. The van der Waals surface area contributed by atoms with E-state index in [0.29, 0.717) is 5.69 Å². The number of carbonyl (C=O) groups is 1. The van der Waals surface area contributed by atoms with E-state index in [9.17, 15) is 9.18 Å². The lowest BCUT2D eigenvalue weighted by atomic mass is 10.0. The van der Waals surface area contributed by atoms with Gasteiger partial charge in [0.1, 0.15) is 5.82 Å². The highest BCUT2D eigenvalue weighted by Crippen LogP contribution is 2.23. The standard InChI is InChI=1S/C13H18FN3O/c1-9(18)16-12-2-4-17(5-3-12)13-7-10(14)6-11(15)8-13/h6-8,12H,2-5,15H2,1H3,(H,16,18). The molecule has 1 fully saturated rings. The van der Waals surface area contributed by atoms with Crippen molar-refractivity contribution < 1.29 is 9.18 Å². The Morgan fingerprint density at radius 2 is 2.06 bits per heavy atom. The fourth-order valence-electron chi connectivity index (χ4n) is 2.35. The number of anilines is 2. The second-order valence-corrected chi connectivity index (χ2v) is 4.70. The van der Waals surface area contributed by atoms with E-state index < -0.39 is 0 Å². The van der Waals surface area contributed by atoms with Crippen LogP contribution in [-0.4, -0.2) is 25.0 Å². The summed E-state index contributed by atoms with van der Waals surface area (Å²) in [6.45, 7) is 3.13. The molecular formula is C13H18FN3O. The molecule has 0 atom stereocenters. The number of halogens is 1.